The lowest BCUT2D eigenvalue weighted by Crippen LogP contribution is -1.97. The Labute approximate surface area is 110 Å². The van der Waals surface area contributed by atoms with E-state index < -0.39 is 0 Å². The van der Waals surface area contributed by atoms with Crippen LogP contribution < -0.4 is 0 Å². The van der Waals surface area contributed by atoms with Gasteiger partial charge in [-0.1, -0.05) is 64.5 Å². The first kappa shape index (κ1) is 11.0. The van der Waals surface area contributed by atoms with E-state index in [9.17, 15) is 0 Å². The van der Waals surface area contributed by atoms with Crippen molar-refractivity contribution in [3.63, 3.8) is 0 Å². The Morgan fingerprint density at radius 2 is 1.94 bits per heavy atom. The Morgan fingerprint density at radius 1 is 1.06 bits per heavy atom. The Morgan fingerprint density at radius 3 is 2.88 bits per heavy atom. The molecule has 0 saturated carbocycles. The topological polar surface area (TPSA) is 0 Å². The van der Waals surface area contributed by atoms with Crippen LogP contribution in [0.2, 0.25) is 0 Å². The molecular formula is C16H15Br. The molecule has 2 aromatic rings. The highest BCUT2D eigenvalue weighted by Crippen LogP contribution is 2.38. The number of halogens is 1. The second-order valence-corrected chi connectivity index (χ2v) is 5.70. The highest BCUT2D eigenvalue weighted by molar-refractivity contribution is 9.09. The zero-order chi connectivity index (χ0) is 11.7. The van der Waals surface area contributed by atoms with Crippen LogP contribution in [0.15, 0.2) is 42.5 Å². The summed E-state index contributed by atoms with van der Waals surface area (Å²) < 4.78 is 0. The standard InChI is InChI=1S/C16H15Br/c17-15-9-3-1-2-7-13-11-10-12-6-4-5-8-14(12)16(13)15/h2,4-8,10-11,15H,1,3,9H2/b7-2-. The van der Waals surface area contributed by atoms with Crippen molar-refractivity contribution in [2.24, 2.45) is 0 Å². The lowest BCUT2D eigenvalue weighted by molar-refractivity contribution is 0.741. The molecule has 0 bridgehead atoms. The largest absolute Gasteiger partial charge is 0.0839 e. The van der Waals surface area contributed by atoms with Gasteiger partial charge in [-0.15, -0.1) is 0 Å². The molecule has 1 unspecified atom stereocenters. The van der Waals surface area contributed by atoms with E-state index in [-0.39, 0.29) is 0 Å². The summed E-state index contributed by atoms with van der Waals surface area (Å²) in [5.41, 5.74) is 2.82. The average molecular weight is 287 g/mol. The molecule has 1 heteroatoms. The third-order valence-electron chi connectivity index (χ3n) is 3.44. The summed E-state index contributed by atoms with van der Waals surface area (Å²) >= 11 is 3.86. The van der Waals surface area contributed by atoms with Crippen molar-refractivity contribution in [3.8, 4) is 0 Å². The fraction of sp³-hybridized carbons (Fsp3) is 0.250. The predicted octanol–water partition coefficient (Wildman–Crippen LogP) is 5.47. The van der Waals surface area contributed by atoms with Gasteiger partial charge in [-0.2, -0.15) is 0 Å². The van der Waals surface area contributed by atoms with Crippen molar-refractivity contribution >= 4 is 32.8 Å². The van der Waals surface area contributed by atoms with Crippen molar-refractivity contribution in [2.45, 2.75) is 24.1 Å². The van der Waals surface area contributed by atoms with E-state index in [0.717, 1.165) is 0 Å². The van der Waals surface area contributed by atoms with Gasteiger partial charge in [0.1, 0.15) is 0 Å². The summed E-state index contributed by atoms with van der Waals surface area (Å²) in [7, 11) is 0. The van der Waals surface area contributed by atoms with Gasteiger partial charge in [-0.05, 0) is 41.2 Å². The molecule has 86 valence electrons. The van der Waals surface area contributed by atoms with Gasteiger partial charge in [-0.25, -0.2) is 0 Å². The summed E-state index contributed by atoms with van der Waals surface area (Å²) in [6, 6.07) is 13.1. The number of rotatable bonds is 0. The van der Waals surface area contributed by atoms with Crippen LogP contribution >= 0.6 is 15.9 Å². The van der Waals surface area contributed by atoms with Crippen LogP contribution in [0.4, 0.5) is 0 Å². The molecule has 0 heterocycles. The van der Waals surface area contributed by atoms with Crippen LogP contribution in [0.3, 0.4) is 0 Å². The van der Waals surface area contributed by atoms with Crippen LogP contribution in [0, 0.1) is 0 Å². The zero-order valence-electron chi connectivity index (χ0n) is 9.70. The molecule has 0 nitrogen and oxygen atoms in total. The third kappa shape index (κ3) is 2.04. The van der Waals surface area contributed by atoms with Crippen molar-refractivity contribution in [1.29, 1.82) is 0 Å². The number of allylic oxidation sites excluding steroid dienone is 1. The molecule has 0 aliphatic heterocycles. The lowest BCUT2D eigenvalue weighted by Gasteiger charge is -2.18. The smallest absolute Gasteiger partial charge is 0.0407 e. The zero-order valence-corrected chi connectivity index (χ0v) is 11.3. The molecule has 3 rings (SSSR count). The second-order valence-electron chi connectivity index (χ2n) is 4.59. The van der Waals surface area contributed by atoms with E-state index >= 15 is 0 Å². The SMILES string of the molecule is BrC1CCC/C=C\c2ccc3ccccc3c21. The molecule has 0 amide bonds. The minimum atomic E-state index is 0.480. The Kier molecular flexibility index (Phi) is 3.02. The second kappa shape index (κ2) is 4.66. The maximum absolute atomic E-state index is 3.86. The van der Waals surface area contributed by atoms with Gasteiger partial charge in [0.2, 0.25) is 0 Å². The van der Waals surface area contributed by atoms with Gasteiger partial charge in [-0.3, -0.25) is 0 Å². The summed E-state index contributed by atoms with van der Waals surface area (Å²) in [5.74, 6) is 0. The Balaban J connectivity index is 2.31. The summed E-state index contributed by atoms with van der Waals surface area (Å²) in [4.78, 5) is 0.480. The molecule has 1 aliphatic carbocycles. The van der Waals surface area contributed by atoms with E-state index in [0.29, 0.717) is 4.83 Å². The number of alkyl halides is 1. The average Bonchev–Trinajstić information content (AvgIpc) is 2.35. The van der Waals surface area contributed by atoms with Gasteiger partial charge >= 0.3 is 0 Å². The molecule has 0 fully saturated rings. The first-order valence-electron chi connectivity index (χ1n) is 6.18. The van der Waals surface area contributed by atoms with Crippen molar-refractivity contribution in [1.82, 2.24) is 0 Å². The van der Waals surface area contributed by atoms with Crippen molar-refractivity contribution < 1.29 is 0 Å². The molecule has 0 radical (unpaired) electrons. The monoisotopic (exact) mass is 286 g/mol. The number of hydrogen-bond acceptors (Lipinski definition) is 0. The van der Waals surface area contributed by atoms with E-state index in [1.165, 1.54) is 41.2 Å². The Hall–Kier alpha value is -1.08. The number of benzene rings is 2. The van der Waals surface area contributed by atoms with Gasteiger partial charge in [0, 0.05) is 4.83 Å². The summed E-state index contributed by atoms with van der Waals surface area (Å²) in [5, 5.41) is 2.73. The molecule has 1 atom stereocenters. The molecule has 17 heavy (non-hydrogen) atoms. The predicted molar refractivity (Wildman–Crippen MR) is 78.5 cm³/mol. The number of hydrogen-bond donors (Lipinski definition) is 0. The Bertz CT molecular complexity index is 569. The molecule has 0 saturated heterocycles. The first-order valence-corrected chi connectivity index (χ1v) is 7.10. The van der Waals surface area contributed by atoms with E-state index in [1.807, 2.05) is 0 Å². The molecule has 0 aromatic heterocycles. The molecule has 0 N–H and O–H groups in total. The van der Waals surface area contributed by atoms with Gasteiger partial charge in [0.05, 0.1) is 0 Å². The molecular weight excluding hydrogens is 272 g/mol. The van der Waals surface area contributed by atoms with Gasteiger partial charge in [0.25, 0.3) is 0 Å². The normalized spacial score (nSPS) is 21.6. The fourth-order valence-corrected chi connectivity index (χ4v) is 3.41. The van der Waals surface area contributed by atoms with Gasteiger partial charge in [0.15, 0.2) is 0 Å². The molecule has 0 spiro atoms. The highest BCUT2D eigenvalue weighted by atomic mass is 79.9. The van der Waals surface area contributed by atoms with Gasteiger partial charge < -0.3 is 0 Å². The summed E-state index contributed by atoms with van der Waals surface area (Å²) in [6.07, 6.45) is 8.23. The third-order valence-corrected chi connectivity index (χ3v) is 4.36. The quantitative estimate of drug-likeness (QED) is 0.563. The van der Waals surface area contributed by atoms with Crippen LogP contribution in [0.1, 0.15) is 35.2 Å². The van der Waals surface area contributed by atoms with Crippen molar-refractivity contribution in [3.05, 3.63) is 53.6 Å². The van der Waals surface area contributed by atoms with E-state index in [4.69, 9.17) is 0 Å². The minimum absolute atomic E-state index is 0.480. The van der Waals surface area contributed by atoms with Crippen LogP contribution in [0.25, 0.3) is 16.8 Å². The maximum Gasteiger partial charge on any atom is 0.0407 e. The fourth-order valence-electron chi connectivity index (χ4n) is 2.58. The van der Waals surface area contributed by atoms with E-state index in [1.54, 1.807) is 0 Å². The molecule has 2 aromatic carbocycles. The van der Waals surface area contributed by atoms with Crippen LogP contribution in [0.5, 0.6) is 0 Å². The highest BCUT2D eigenvalue weighted by Gasteiger charge is 2.15. The number of fused-ring (bicyclic) bond motifs is 3. The maximum atomic E-state index is 3.86. The van der Waals surface area contributed by atoms with Crippen LogP contribution in [-0.2, 0) is 0 Å². The molecule has 1 aliphatic rings. The summed E-state index contributed by atoms with van der Waals surface area (Å²) in [6.45, 7) is 0. The minimum Gasteiger partial charge on any atom is -0.0839 e. The van der Waals surface area contributed by atoms with Crippen LogP contribution in [-0.4, -0.2) is 0 Å². The lowest BCUT2D eigenvalue weighted by atomic mass is 9.92. The van der Waals surface area contributed by atoms with Crippen molar-refractivity contribution in [2.75, 3.05) is 0 Å². The first-order chi connectivity index (χ1) is 8.36. The van der Waals surface area contributed by atoms with E-state index in [2.05, 4.69) is 64.5 Å².